The van der Waals surface area contributed by atoms with Crippen molar-refractivity contribution in [2.75, 3.05) is 6.61 Å². The molecular formula is C21H27NO2. The van der Waals surface area contributed by atoms with Crippen LogP contribution in [-0.4, -0.2) is 17.6 Å². The van der Waals surface area contributed by atoms with Gasteiger partial charge in [-0.05, 0) is 61.1 Å². The summed E-state index contributed by atoms with van der Waals surface area (Å²) in [6.45, 7) is 16.9. The largest absolute Gasteiger partial charge is 0.458 e. The molecule has 0 radical (unpaired) electrons. The number of nitrogens with zero attached hydrogens (tertiary/aromatic N) is 1. The molecular weight excluding hydrogens is 298 g/mol. The van der Waals surface area contributed by atoms with Crippen LogP contribution in [0.2, 0.25) is 0 Å². The van der Waals surface area contributed by atoms with Gasteiger partial charge in [0.2, 0.25) is 0 Å². The molecule has 0 saturated heterocycles. The molecule has 3 atom stereocenters. The fourth-order valence-electron chi connectivity index (χ4n) is 3.56. The van der Waals surface area contributed by atoms with Gasteiger partial charge in [0, 0.05) is 12.4 Å². The van der Waals surface area contributed by atoms with Crippen LogP contribution in [0.5, 0.6) is 0 Å². The lowest BCUT2D eigenvalue weighted by atomic mass is 9.61. The van der Waals surface area contributed by atoms with Gasteiger partial charge in [-0.2, -0.15) is 0 Å². The highest BCUT2D eigenvalue weighted by molar-refractivity contribution is 5.89. The second kappa shape index (κ2) is 7.61. The lowest BCUT2D eigenvalue weighted by Crippen LogP contribution is -2.34. The van der Waals surface area contributed by atoms with Crippen molar-refractivity contribution < 1.29 is 9.53 Å². The van der Waals surface area contributed by atoms with Gasteiger partial charge in [0.1, 0.15) is 6.61 Å². The Morgan fingerprint density at radius 2 is 2.08 bits per heavy atom. The predicted molar refractivity (Wildman–Crippen MR) is 97.6 cm³/mol. The van der Waals surface area contributed by atoms with Gasteiger partial charge in [0.15, 0.2) is 0 Å². The second-order valence-corrected chi connectivity index (χ2v) is 7.05. The molecule has 1 heterocycles. The summed E-state index contributed by atoms with van der Waals surface area (Å²) >= 11 is 0. The van der Waals surface area contributed by atoms with E-state index in [4.69, 9.17) is 4.74 Å². The Morgan fingerprint density at radius 3 is 2.67 bits per heavy atom. The normalized spacial score (nSPS) is 26.4. The van der Waals surface area contributed by atoms with E-state index in [-0.39, 0.29) is 18.0 Å². The summed E-state index contributed by atoms with van der Waals surface area (Å²) in [5, 5.41) is 0. The van der Waals surface area contributed by atoms with Crippen molar-refractivity contribution in [2.45, 2.75) is 33.1 Å². The molecule has 2 rings (SSSR count). The van der Waals surface area contributed by atoms with Crippen molar-refractivity contribution >= 4 is 5.97 Å². The van der Waals surface area contributed by atoms with Crippen molar-refractivity contribution in [3.8, 4) is 0 Å². The van der Waals surface area contributed by atoms with Crippen LogP contribution in [0.1, 0.15) is 43.5 Å². The molecule has 3 nitrogen and oxygen atoms in total. The number of hydrogen-bond acceptors (Lipinski definition) is 3. The number of allylic oxidation sites excluding steroid dienone is 2. The molecule has 1 fully saturated rings. The Kier molecular flexibility index (Phi) is 5.76. The fourth-order valence-corrected chi connectivity index (χ4v) is 3.56. The maximum absolute atomic E-state index is 12.0. The summed E-state index contributed by atoms with van der Waals surface area (Å²) in [5.74, 6) is 0.410. The Morgan fingerprint density at radius 1 is 1.42 bits per heavy atom. The van der Waals surface area contributed by atoms with E-state index in [9.17, 15) is 4.79 Å². The molecule has 1 saturated carbocycles. The van der Waals surface area contributed by atoms with Gasteiger partial charge in [-0.15, -0.1) is 6.58 Å². The van der Waals surface area contributed by atoms with Gasteiger partial charge in [-0.25, -0.2) is 4.79 Å². The smallest absolute Gasteiger partial charge is 0.338 e. The minimum Gasteiger partial charge on any atom is -0.458 e. The van der Waals surface area contributed by atoms with Crippen molar-refractivity contribution in [3.05, 3.63) is 67.0 Å². The highest BCUT2D eigenvalue weighted by Gasteiger charge is 2.38. The van der Waals surface area contributed by atoms with E-state index in [1.165, 1.54) is 5.57 Å². The first-order valence-corrected chi connectivity index (χ1v) is 8.41. The number of esters is 1. The van der Waals surface area contributed by atoms with Gasteiger partial charge >= 0.3 is 5.97 Å². The standard InChI is InChI=1S/C21H27NO2/c1-6-21(5)10-7-18(13-19(21)15(2)3)16(4)14-24-20(23)17-8-11-22-12-9-17/h6,8-9,11-12,18-19H,1-2,4,7,10,13-14H2,3,5H3/t18-,19+,21-/m1/s1. The summed E-state index contributed by atoms with van der Waals surface area (Å²) < 4.78 is 5.41. The van der Waals surface area contributed by atoms with E-state index in [0.717, 1.165) is 24.8 Å². The van der Waals surface area contributed by atoms with Crippen molar-refractivity contribution in [2.24, 2.45) is 17.3 Å². The number of aromatic nitrogens is 1. The number of rotatable bonds is 6. The quantitative estimate of drug-likeness (QED) is 0.547. The number of ether oxygens (including phenoxy) is 1. The summed E-state index contributed by atoms with van der Waals surface area (Å²) in [4.78, 5) is 15.9. The molecule has 0 aromatic carbocycles. The zero-order valence-corrected chi connectivity index (χ0v) is 14.8. The van der Waals surface area contributed by atoms with Crippen LogP contribution in [0.4, 0.5) is 0 Å². The van der Waals surface area contributed by atoms with E-state index in [1.54, 1.807) is 24.5 Å². The first-order valence-electron chi connectivity index (χ1n) is 8.41. The number of hydrogen-bond donors (Lipinski definition) is 0. The average molecular weight is 325 g/mol. The van der Waals surface area contributed by atoms with Crippen LogP contribution in [-0.2, 0) is 4.74 Å². The molecule has 0 aliphatic heterocycles. The molecule has 128 valence electrons. The topological polar surface area (TPSA) is 39.2 Å². The van der Waals surface area contributed by atoms with E-state index in [1.807, 2.05) is 0 Å². The van der Waals surface area contributed by atoms with E-state index in [2.05, 4.69) is 44.6 Å². The molecule has 0 unspecified atom stereocenters. The monoisotopic (exact) mass is 325 g/mol. The van der Waals surface area contributed by atoms with Gasteiger partial charge < -0.3 is 4.74 Å². The third-order valence-corrected chi connectivity index (χ3v) is 5.29. The lowest BCUT2D eigenvalue weighted by molar-refractivity contribution is 0.0521. The maximum Gasteiger partial charge on any atom is 0.338 e. The zero-order chi connectivity index (χ0) is 17.7. The van der Waals surface area contributed by atoms with E-state index >= 15 is 0 Å². The van der Waals surface area contributed by atoms with E-state index < -0.39 is 0 Å². The van der Waals surface area contributed by atoms with Crippen LogP contribution in [0.15, 0.2) is 61.5 Å². The van der Waals surface area contributed by atoms with E-state index in [0.29, 0.717) is 17.4 Å². The highest BCUT2D eigenvalue weighted by atomic mass is 16.5. The first-order chi connectivity index (χ1) is 11.4. The molecule has 24 heavy (non-hydrogen) atoms. The van der Waals surface area contributed by atoms with Crippen LogP contribution in [0.25, 0.3) is 0 Å². The van der Waals surface area contributed by atoms with Gasteiger partial charge in [0.05, 0.1) is 5.56 Å². The van der Waals surface area contributed by atoms with Crippen molar-refractivity contribution in [3.63, 3.8) is 0 Å². The second-order valence-electron chi connectivity index (χ2n) is 7.05. The molecule has 0 spiro atoms. The Labute approximate surface area is 145 Å². The molecule has 0 N–H and O–H groups in total. The predicted octanol–water partition coefficient (Wildman–Crippen LogP) is 4.98. The van der Waals surface area contributed by atoms with Gasteiger partial charge in [-0.1, -0.05) is 31.7 Å². The van der Waals surface area contributed by atoms with Crippen LogP contribution in [0.3, 0.4) is 0 Å². The van der Waals surface area contributed by atoms with Crippen LogP contribution in [0, 0.1) is 17.3 Å². The SMILES string of the molecule is C=C[C@]1(C)CC[C@@H](C(=C)COC(=O)c2ccncc2)C[C@H]1C(=C)C. The first kappa shape index (κ1) is 18.2. The summed E-state index contributed by atoms with van der Waals surface area (Å²) in [5.41, 5.74) is 2.77. The lowest BCUT2D eigenvalue weighted by Gasteiger charge is -2.43. The third-order valence-electron chi connectivity index (χ3n) is 5.29. The molecule has 1 aromatic heterocycles. The number of carbonyl (C=O) groups is 1. The maximum atomic E-state index is 12.0. The Hall–Kier alpha value is -2.16. The summed E-state index contributed by atoms with van der Waals surface area (Å²) in [7, 11) is 0. The zero-order valence-electron chi connectivity index (χ0n) is 14.8. The summed E-state index contributed by atoms with van der Waals surface area (Å²) in [6, 6.07) is 3.30. The molecule has 0 amide bonds. The van der Waals surface area contributed by atoms with Crippen LogP contribution >= 0.6 is 0 Å². The number of pyridine rings is 1. The van der Waals surface area contributed by atoms with Gasteiger partial charge in [-0.3, -0.25) is 4.98 Å². The van der Waals surface area contributed by atoms with Crippen molar-refractivity contribution in [1.82, 2.24) is 4.98 Å². The third kappa shape index (κ3) is 4.02. The van der Waals surface area contributed by atoms with Crippen LogP contribution < -0.4 is 0 Å². The molecule has 1 aliphatic carbocycles. The molecule has 1 aliphatic rings. The molecule has 1 aromatic rings. The highest BCUT2D eigenvalue weighted by Crippen LogP contribution is 2.48. The van der Waals surface area contributed by atoms with Gasteiger partial charge in [0.25, 0.3) is 0 Å². The molecule has 0 bridgehead atoms. The Balaban J connectivity index is 1.95. The summed E-state index contributed by atoms with van der Waals surface area (Å²) in [6.07, 6.45) is 8.31. The minimum atomic E-state index is -0.332. The van der Waals surface area contributed by atoms with Crippen molar-refractivity contribution in [1.29, 1.82) is 0 Å². The Bertz CT molecular complexity index is 634. The number of carbonyl (C=O) groups excluding carboxylic acids is 1. The molecule has 3 heteroatoms. The average Bonchev–Trinajstić information content (AvgIpc) is 2.60. The fraction of sp³-hybridized carbons (Fsp3) is 0.429. The minimum absolute atomic E-state index is 0.0936.